The number of pyridine rings is 1. The molecule has 1 aromatic heterocycles. The van der Waals surface area contributed by atoms with E-state index in [2.05, 4.69) is 15.0 Å². The third kappa shape index (κ3) is 4.82. The first-order chi connectivity index (χ1) is 14.3. The molecule has 1 amide bonds. The van der Waals surface area contributed by atoms with Crippen molar-refractivity contribution >= 4 is 27.6 Å². The predicted octanol–water partition coefficient (Wildman–Crippen LogP) is 2.14. The molecule has 9 nitrogen and oxygen atoms in total. The second-order valence-electron chi connectivity index (χ2n) is 6.10. The van der Waals surface area contributed by atoms with Crippen molar-refractivity contribution in [1.82, 2.24) is 9.29 Å². The van der Waals surface area contributed by atoms with E-state index in [4.69, 9.17) is 0 Å². The molecule has 1 heterocycles. The Labute approximate surface area is 175 Å². The van der Waals surface area contributed by atoms with Crippen LogP contribution in [-0.2, 0) is 19.6 Å². The predicted molar refractivity (Wildman–Crippen MR) is 109 cm³/mol. The van der Waals surface area contributed by atoms with Gasteiger partial charge in [-0.2, -0.15) is 9.57 Å². The molecule has 0 fully saturated rings. The zero-order valence-electron chi connectivity index (χ0n) is 16.8. The van der Waals surface area contributed by atoms with Crippen molar-refractivity contribution in [3.63, 3.8) is 0 Å². The number of sulfonamides is 1. The van der Waals surface area contributed by atoms with Crippen molar-refractivity contribution in [2.75, 3.05) is 25.5 Å². The molecule has 30 heavy (non-hydrogen) atoms. The van der Waals surface area contributed by atoms with Crippen LogP contribution in [0.15, 0.2) is 47.5 Å². The molecule has 0 bridgehead atoms. The van der Waals surface area contributed by atoms with Crippen LogP contribution in [0.4, 0.5) is 5.69 Å². The van der Waals surface area contributed by atoms with E-state index in [-0.39, 0.29) is 21.8 Å². The van der Waals surface area contributed by atoms with Gasteiger partial charge in [0.1, 0.15) is 4.90 Å². The molecule has 158 valence electrons. The van der Waals surface area contributed by atoms with E-state index in [9.17, 15) is 23.3 Å². The summed E-state index contributed by atoms with van der Waals surface area (Å²) >= 11 is 0. The Morgan fingerprint density at radius 2 is 1.87 bits per heavy atom. The number of esters is 1. The summed E-state index contributed by atoms with van der Waals surface area (Å²) < 4.78 is 31.1. The number of nitrogens with one attached hydrogen (secondary N) is 1. The first-order valence-electron chi connectivity index (χ1n) is 9.14. The van der Waals surface area contributed by atoms with Crippen molar-refractivity contribution in [3.05, 3.63) is 53.9 Å². The first kappa shape index (κ1) is 23.0. The summed E-state index contributed by atoms with van der Waals surface area (Å²) in [6.45, 7) is 4.07. The van der Waals surface area contributed by atoms with Crippen LogP contribution < -0.4 is 5.32 Å². The number of ether oxygens (including phenoxy) is 1. The Hall–Kier alpha value is -3.29. The van der Waals surface area contributed by atoms with Gasteiger partial charge >= 0.3 is 5.97 Å². The number of methoxy groups -OCH3 is 1. The van der Waals surface area contributed by atoms with Crippen molar-refractivity contribution in [1.29, 1.82) is 5.26 Å². The number of hydrogen-bond acceptors (Lipinski definition) is 7. The Morgan fingerprint density at radius 3 is 2.40 bits per heavy atom. The maximum Gasteiger partial charge on any atom is 0.339 e. The number of aromatic nitrogens is 1. The van der Waals surface area contributed by atoms with Crippen LogP contribution in [-0.4, -0.2) is 49.8 Å². The molecule has 0 saturated heterocycles. The normalized spacial score (nSPS) is 12.1. The number of amides is 1. The van der Waals surface area contributed by atoms with Gasteiger partial charge in [-0.15, -0.1) is 0 Å². The Balaban J connectivity index is 2.28. The van der Waals surface area contributed by atoms with E-state index < -0.39 is 27.8 Å². The summed E-state index contributed by atoms with van der Waals surface area (Å²) in [5, 5.41) is 12.0. The molecule has 0 radical (unpaired) electrons. The van der Waals surface area contributed by atoms with Crippen molar-refractivity contribution in [2.45, 2.75) is 24.7 Å². The maximum atomic E-state index is 12.6. The summed E-state index contributed by atoms with van der Waals surface area (Å²) in [4.78, 5) is 28.5. The zero-order chi connectivity index (χ0) is 22.3. The van der Waals surface area contributed by atoms with Crippen molar-refractivity contribution < 1.29 is 22.7 Å². The molecule has 0 aliphatic heterocycles. The van der Waals surface area contributed by atoms with Crippen LogP contribution in [0.1, 0.15) is 35.8 Å². The number of nitriles is 1. The Kier molecular flexibility index (Phi) is 7.63. The molecule has 10 heteroatoms. The van der Waals surface area contributed by atoms with E-state index in [1.807, 2.05) is 6.07 Å². The highest BCUT2D eigenvalue weighted by Crippen LogP contribution is 2.22. The summed E-state index contributed by atoms with van der Waals surface area (Å²) in [6.07, 6.45) is 1.13. The lowest BCUT2D eigenvalue weighted by Gasteiger charge is -2.18. The van der Waals surface area contributed by atoms with Gasteiger partial charge in [0.25, 0.3) is 0 Å². The van der Waals surface area contributed by atoms with E-state index in [0.29, 0.717) is 13.1 Å². The monoisotopic (exact) mass is 430 g/mol. The van der Waals surface area contributed by atoms with Crippen molar-refractivity contribution in [3.8, 4) is 6.07 Å². The molecule has 0 aliphatic rings. The number of benzene rings is 1. The first-order valence-corrected chi connectivity index (χ1v) is 10.6. The van der Waals surface area contributed by atoms with Gasteiger partial charge in [-0.3, -0.25) is 9.78 Å². The molecule has 0 aliphatic carbocycles. The fourth-order valence-corrected chi connectivity index (χ4v) is 4.18. The SMILES string of the molecule is CCN(CC)S(=O)(=O)c1ccc(C(C#N)C(=O)Nc2ccccc2C(=O)OC)nc1. The van der Waals surface area contributed by atoms with Gasteiger partial charge in [-0.05, 0) is 24.3 Å². The number of anilines is 1. The smallest absolute Gasteiger partial charge is 0.339 e. The quantitative estimate of drug-likeness (QED) is 0.635. The summed E-state index contributed by atoms with van der Waals surface area (Å²) in [7, 11) is -2.48. The van der Waals surface area contributed by atoms with Crippen LogP contribution in [0, 0.1) is 11.3 Å². The zero-order valence-corrected chi connectivity index (χ0v) is 17.6. The van der Waals surface area contributed by atoms with E-state index in [1.165, 1.54) is 35.7 Å². The Morgan fingerprint density at radius 1 is 1.20 bits per heavy atom. The van der Waals surface area contributed by atoms with E-state index in [1.54, 1.807) is 26.0 Å². The van der Waals surface area contributed by atoms with Gasteiger partial charge in [-0.1, -0.05) is 26.0 Å². The minimum Gasteiger partial charge on any atom is -0.465 e. The van der Waals surface area contributed by atoms with E-state index >= 15 is 0 Å². The fourth-order valence-electron chi connectivity index (χ4n) is 2.77. The molecule has 0 saturated carbocycles. The molecule has 1 N–H and O–H groups in total. The summed E-state index contributed by atoms with van der Waals surface area (Å²) in [6, 6.07) is 10.7. The topological polar surface area (TPSA) is 129 Å². The van der Waals surface area contributed by atoms with Gasteiger partial charge < -0.3 is 10.1 Å². The minimum absolute atomic E-state index is 0.0249. The number of rotatable bonds is 8. The van der Waals surface area contributed by atoms with Crippen LogP contribution in [0.2, 0.25) is 0 Å². The van der Waals surface area contributed by atoms with Gasteiger partial charge in [0.15, 0.2) is 5.92 Å². The third-order valence-corrected chi connectivity index (χ3v) is 6.41. The molecule has 1 unspecified atom stereocenters. The van der Waals surface area contributed by atoms with Gasteiger partial charge in [0, 0.05) is 19.3 Å². The van der Waals surface area contributed by atoms with Crippen LogP contribution in [0.5, 0.6) is 0 Å². The number of para-hydroxylation sites is 1. The summed E-state index contributed by atoms with van der Waals surface area (Å²) in [5.74, 6) is -2.65. The lowest BCUT2D eigenvalue weighted by Crippen LogP contribution is -2.30. The average Bonchev–Trinajstić information content (AvgIpc) is 2.75. The number of hydrogen-bond donors (Lipinski definition) is 1. The highest BCUT2D eigenvalue weighted by Gasteiger charge is 2.26. The van der Waals surface area contributed by atoms with Crippen LogP contribution in [0.25, 0.3) is 0 Å². The highest BCUT2D eigenvalue weighted by atomic mass is 32.2. The van der Waals surface area contributed by atoms with Gasteiger partial charge in [0.2, 0.25) is 15.9 Å². The summed E-state index contributed by atoms with van der Waals surface area (Å²) in [5.41, 5.74) is 0.415. The molecule has 1 aromatic carbocycles. The molecule has 2 aromatic rings. The van der Waals surface area contributed by atoms with Gasteiger partial charge in [0.05, 0.1) is 30.1 Å². The minimum atomic E-state index is -3.70. The number of nitrogens with zero attached hydrogens (tertiary/aromatic N) is 3. The number of carbonyl (C=O) groups is 2. The van der Waals surface area contributed by atoms with Gasteiger partial charge in [-0.25, -0.2) is 13.2 Å². The largest absolute Gasteiger partial charge is 0.465 e. The molecular weight excluding hydrogens is 408 g/mol. The second-order valence-corrected chi connectivity index (χ2v) is 8.03. The Bertz CT molecular complexity index is 1060. The second kappa shape index (κ2) is 9.96. The molecular formula is C20H22N4O5S. The molecule has 1 atom stereocenters. The lowest BCUT2D eigenvalue weighted by atomic mass is 10.0. The molecule has 0 spiro atoms. The number of carbonyl (C=O) groups excluding carboxylic acids is 2. The van der Waals surface area contributed by atoms with Crippen molar-refractivity contribution in [2.24, 2.45) is 0 Å². The fraction of sp³-hybridized carbons (Fsp3) is 0.300. The third-order valence-electron chi connectivity index (χ3n) is 4.38. The standard InChI is InChI=1S/C20H22N4O5S/c1-4-24(5-2)30(27,28)14-10-11-17(22-13-14)16(12-21)19(25)23-18-9-7-6-8-15(18)20(26)29-3/h6-11,13,16H,4-5H2,1-3H3,(H,23,25). The molecule has 2 rings (SSSR count). The highest BCUT2D eigenvalue weighted by molar-refractivity contribution is 7.89. The lowest BCUT2D eigenvalue weighted by molar-refractivity contribution is -0.116. The van der Waals surface area contributed by atoms with Crippen LogP contribution in [0.3, 0.4) is 0 Å². The maximum absolute atomic E-state index is 12.6. The average molecular weight is 430 g/mol. The van der Waals surface area contributed by atoms with Crippen LogP contribution >= 0.6 is 0 Å². The van der Waals surface area contributed by atoms with E-state index in [0.717, 1.165) is 6.20 Å².